The third kappa shape index (κ3) is 3.42. The van der Waals surface area contributed by atoms with Gasteiger partial charge in [-0.1, -0.05) is 6.92 Å². The van der Waals surface area contributed by atoms with Crippen LogP contribution in [0.5, 0.6) is 0 Å². The van der Waals surface area contributed by atoms with E-state index in [9.17, 15) is 8.78 Å². The van der Waals surface area contributed by atoms with Crippen LogP contribution in [0.4, 0.5) is 8.78 Å². The highest BCUT2D eigenvalue weighted by molar-refractivity contribution is 5.16. The molecule has 1 aromatic rings. The van der Waals surface area contributed by atoms with Crippen LogP contribution >= 0.6 is 0 Å². The van der Waals surface area contributed by atoms with Crippen molar-refractivity contribution >= 4 is 0 Å². The fraction of sp³-hybridized carbons (Fsp3) is 0.455. The maximum Gasteiger partial charge on any atom is 0.126 e. The Morgan fingerprint density at radius 3 is 2.29 bits per heavy atom. The van der Waals surface area contributed by atoms with Gasteiger partial charge < -0.3 is 4.74 Å². The van der Waals surface area contributed by atoms with Gasteiger partial charge in [-0.2, -0.15) is 0 Å². The number of rotatable bonds is 4. The number of halogens is 2. The van der Waals surface area contributed by atoms with Crippen LogP contribution in [-0.4, -0.2) is 6.10 Å². The summed E-state index contributed by atoms with van der Waals surface area (Å²) in [7, 11) is 0. The standard InChI is InChI=1S/C11H14F2O/c1-3-8(2)14-7-9-4-10(12)6-11(13)5-9/h4-6,8H,3,7H2,1-2H3. The third-order valence-electron chi connectivity index (χ3n) is 2.03. The molecule has 1 unspecified atom stereocenters. The fourth-order valence-electron chi connectivity index (χ4n) is 1.05. The largest absolute Gasteiger partial charge is 0.374 e. The molecule has 1 atom stereocenters. The summed E-state index contributed by atoms with van der Waals surface area (Å²) in [6.45, 7) is 4.18. The zero-order valence-electron chi connectivity index (χ0n) is 8.39. The van der Waals surface area contributed by atoms with Crippen molar-refractivity contribution in [2.75, 3.05) is 0 Å². The summed E-state index contributed by atoms with van der Waals surface area (Å²) in [6, 6.07) is 3.42. The lowest BCUT2D eigenvalue weighted by atomic mass is 10.2. The lowest BCUT2D eigenvalue weighted by Crippen LogP contribution is -2.06. The molecule has 0 saturated heterocycles. The van der Waals surface area contributed by atoms with Gasteiger partial charge in [0.1, 0.15) is 11.6 Å². The van der Waals surface area contributed by atoms with Crippen LogP contribution in [0.1, 0.15) is 25.8 Å². The molecule has 0 N–H and O–H groups in total. The molecule has 1 nitrogen and oxygen atoms in total. The van der Waals surface area contributed by atoms with E-state index in [0.29, 0.717) is 5.56 Å². The van der Waals surface area contributed by atoms with E-state index in [2.05, 4.69) is 0 Å². The van der Waals surface area contributed by atoms with E-state index >= 15 is 0 Å². The van der Waals surface area contributed by atoms with Gasteiger partial charge in [0, 0.05) is 6.07 Å². The molecule has 0 bridgehead atoms. The molecule has 0 aliphatic heterocycles. The monoisotopic (exact) mass is 200 g/mol. The fourth-order valence-corrected chi connectivity index (χ4v) is 1.05. The maximum atomic E-state index is 12.7. The molecule has 0 radical (unpaired) electrons. The van der Waals surface area contributed by atoms with Crippen molar-refractivity contribution < 1.29 is 13.5 Å². The second-order valence-electron chi connectivity index (χ2n) is 3.31. The molecule has 1 aromatic carbocycles. The summed E-state index contributed by atoms with van der Waals surface area (Å²) in [5.41, 5.74) is 0.530. The van der Waals surface area contributed by atoms with Crippen LogP contribution in [0, 0.1) is 11.6 Å². The number of hydrogen-bond acceptors (Lipinski definition) is 1. The lowest BCUT2D eigenvalue weighted by Gasteiger charge is -2.10. The van der Waals surface area contributed by atoms with E-state index in [-0.39, 0.29) is 12.7 Å². The van der Waals surface area contributed by atoms with E-state index in [0.717, 1.165) is 12.5 Å². The van der Waals surface area contributed by atoms with Crippen molar-refractivity contribution in [3.63, 3.8) is 0 Å². The van der Waals surface area contributed by atoms with Crippen molar-refractivity contribution in [3.05, 3.63) is 35.4 Å². The Bertz CT molecular complexity index is 279. The van der Waals surface area contributed by atoms with Crippen LogP contribution in [0.15, 0.2) is 18.2 Å². The van der Waals surface area contributed by atoms with E-state index in [1.165, 1.54) is 12.1 Å². The second-order valence-corrected chi connectivity index (χ2v) is 3.31. The molecule has 0 aliphatic carbocycles. The minimum absolute atomic E-state index is 0.112. The van der Waals surface area contributed by atoms with Crippen molar-refractivity contribution in [1.82, 2.24) is 0 Å². The van der Waals surface area contributed by atoms with Crippen LogP contribution in [0.3, 0.4) is 0 Å². The quantitative estimate of drug-likeness (QED) is 0.724. The average Bonchev–Trinajstić information content (AvgIpc) is 2.12. The smallest absolute Gasteiger partial charge is 0.126 e. The van der Waals surface area contributed by atoms with Gasteiger partial charge in [-0.25, -0.2) is 8.78 Å². The van der Waals surface area contributed by atoms with Gasteiger partial charge in [0.05, 0.1) is 12.7 Å². The normalized spacial score (nSPS) is 12.9. The Balaban J connectivity index is 2.58. The first-order valence-electron chi connectivity index (χ1n) is 4.68. The molecule has 14 heavy (non-hydrogen) atoms. The first-order valence-corrected chi connectivity index (χ1v) is 4.68. The highest BCUT2D eigenvalue weighted by atomic mass is 19.1. The molecule has 0 saturated carbocycles. The summed E-state index contributed by atoms with van der Waals surface area (Å²) < 4.78 is 30.8. The van der Waals surface area contributed by atoms with Crippen molar-refractivity contribution in [2.45, 2.75) is 33.0 Å². The van der Waals surface area contributed by atoms with E-state index in [1.807, 2.05) is 13.8 Å². The first-order chi connectivity index (χ1) is 6.61. The minimum atomic E-state index is -0.562. The topological polar surface area (TPSA) is 9.23 Å². The third-order valence-corrected chi connectivity index (χ3v) is 2.03. The predicted octanol–water partition coefficient (Wildman–Crippen LogP) is 3.28. The van der Waals surface area contributed by atoms with Crippen LogP contribution in [0.25, 0.3) is 0 Å². The van der Waals surface area contributed by atoms with E-state index < -0.39 is 11.6 Å². The maximum absolute atomic E-state index is 12.7. The molecule has 0 fully saturated rings. The molecular weight excluding hydrogens is 186 g/mol. The highest BCUT2D eigenvalue weighted by Gasteiger charge is 2.03. The molecule has 0 heterocycles. The van der Waals surface area contributed by atoms with Crippen molar-refractivity contribution in [3.8, 4) is 0 Å². The predicted molar refractivity (Wildman–Crippen MR) is 50.9 cm³/mol. The summed E-state index contributed by atoms with van der Waals surface area (Å²) in [5.74, 6) is -1.12. The van der Waals surface area contributed by atoms with Crippen molar-refractivity contribution in [2.24, 2.45) is 0 Å². The second kappa shape index (κ2) is 5.05. The minimum Gasteiger partial charge on any atom is -0.374 e. The number of benzene rings is 1. The summed E-state index contributed by atoms with van der Waals surface area (Å²) >= 11 is 0. The van der Waals surface area contributed by atoms with Crippen molar-refractivity contribution in [1.29, 1.82) is 0 Å². The Hall–Kier alpha value is -0.960. The van der Waals surface area contributed by atoms with E-state index in [1.54, 1.807) is 0 Å². The van der Waals surface area contributed by atoms with Crippen LogP contribution in [-0.2, 0) is 11.3 Å². The summed E-state index contributed by atoms with van der Waals surface area (Å²) in [4.78, 5) is 0. The Morgan fingerprint density at radius 2 is 1.79 bits per heavy atom. The summed E-state index contributed by atoms with van der Waals surface area (Å²) in [6.07, 6.45) is 0.999. The zero-order chi connectivity index (χ0) is 10.6. The molecule has 0 spiro atoms. The van der Waals surface area contributed by atoms with Gasteiger partial charge >= 0.3 is 0 Å². The van der Waals surface area contributed by atoms with Gasteiger partial charge in [-0.3, -0.25) is 0 Å². The molecule has 3 heteroatoms. The van der Waals surface area contributed by atoms with Gasteiger partial charge in [0.2, 0.25) is 0 Å². The van der Waals surface area contributed by atoms with E-state index in [4.69, 9.17) is 4.74 Å². The summed E-state index contributed by atoms with van der Waals surface area (Å²) in [5, 5.41) is 0. The Labute approximate surface area is 82.7 Å². The molecule has 0 aromatic heterocycles. The molecule has 78 valence electrons. The van der Waals surface area contributed by atoms with Crippen LogP contribution in [0.2, 0.25) is 0 Å². The first kappa shape index (κ1) is 11.1. The zero-order valence-corrected chi connectivity index (χ0v) is 8.39. The molecule has 0 amide bonds. The average molecular weight is 200 g/mol. The molecular formula is C11H14F2O. The Kier molecular flexibility index (Phi) is 4.01. The number of ether oxygens (including phenoxy) is 1. The van der Waals surface area contributed by atoms with Gasteiger partial charge in [0.15, 0.2) is 0 Å². The lowest BCUT2D eigenvalue weighted by molar-refractivity contribution is 0.0506. The van der Waals surface area contributed by atoms with Gasteiger partial charge in [0.25, 0.3) is 0 Å². The SMILES string of the molecule is CCC(C)OCc1cc(F)cc(F)c1. The molecule has 0 aliphatic rings. The van der Waals surface area contributed by atoms with Crippen LogP contribution < -0.4 is 0 Å². The molecule has 1 rings (SSSR count). The Morgan fingerprint density at radius 1 is 1.21 bits per heavy atom. The number of hydrogen-bond donors (Lipinski definition) is 0. The van der Waals surface area contributed by atoms with Gasteiger partial charge in [-0.05, 0) is 31.0 Å². The highest BCUT2D eigenvalue weighted by Crippen LogP contribution is 2.10. The van der Waals surface area contributed by atoms with Gasteiger partial charge in [-0.15, -0.1) is 0 Å².